The Balaban J connectivity index is 2.72. The Labute approximate surface area is 99.8 Å². The first-order valence-electron chi connectivity index (χ1n) is 5.00. The van der Waals surface area contributed by atoms with Gasteiger partial charge in [0, 0.05) is 17.4 Å². The van der Waals surface area contributed by atoms with Crippen molar-refractivity contribution < 1.29 is 4.79 Å². The lowest BCUT2D eigenvalue weighted by Crippen LogP contribution is -2.15. The van der Waals surface area contributed by atoms with Crippen LogP contribution in [0.2, 0.25) is 0 Å². The molecule has 1 amide bonds. The van der Waals surface area contributed by atoms with Crippen LogP contribution in [0.1, 0.15) is 17.3 Å². The first-order valence-corrected chi connectivity index (χ1v) is 6.29. The summed E-state index contributed by atoms with van der Waals surface area (Å²) in [5.74, 6) is -0.462. The summed E-state index contributed by atoms with van der Waals surface area (Å²) in [5, 5.41) is 3.74. The van der Waals surface area contributed by atoms with Crippen molar-refractivity contribution in [3.63, 3.8) is 0 Å². The van der Waals surface area contributed by atoms with Crippen molar-refractivity contribution in [3.05, 3.63) is 23.8 Å². The highest BCUT2D eigenvalue weighted by Crippen LogP contribution is 2.20. The summed E-state index contributed by atoms with van der Waals surface area (Å²) in [7, 11) is 0. The largest absolute Gasteiger partial charge is 0.397 e. The van der Waals surface area contributed by atoms with Crippen molar-refractivity contribution >= 4 is 29.0 Å². The van der Waals surface area contributed by atoms with Gasteiger partial charge in [0.2, 0.25) is 5.91 Å². The van der Waals surface area contributed by atoms with Crippen LogP contribution >= 0.6 is 11.8 Å². The Bertz CT molecular complexity index is 381. The summed E-state index contributed by atoms with van der Waals surface area (Å²) in [6.45, 7) is 2.97. The Hall–Kier alpha value is -1.36. The van der Waals surface area contributed by atoms with Gasteiger partial charge in [-0.25, -0.2) is 0 Å². The Morgan fingerprint density at radius 1 is 1.56 bits per heavy atom. The smallest absolute Gasteiger partial charge is 0.248 e. The number of thioether (sulfide) groups is 1. The number of carbonyl (C=O) groups excluding carboxylic acids is 1. The Morgan fingerprint density at radius 2 is 2.25 bits per heavy atom. The van der Waals surface area contributed by atoms with E-state index >= 15 is 0 Å². The van der Waals surface area contributed by atoms with Crippen LogP contribution in [0, 0.1) is 0 Å². The fourth-order valence-corrected chi connectivity index (χ4v) is 1.46. The van der Waals surface area contributed by atoms with Crippen LogP contribution in [0.5, 0.6) is 0 Å². The van der Waals surface area contributed by atoms with Crippen molar-refractivity contribution in [1.82, 2.24) is 0 Å². The van der Waals surface area contributed by atoms with Crippen molar-refractivity contribution in [2.24, 2.45) is 5.73 Å². The fourth-order valence-electron chi connectivity index (χ4n) is 1.21. The number of benzene rings is 1. The minimum absolute atomic E-state index is 0.431. The van der Waals surface area contributed by atoms with Crippen molar-refractivity contribution in [3.8, 4) is 0 Å². The van der Waals surface area contributed by atoms with Crippen molar-refractivity contribution in [1.29, 1.82) is 0 Å². The van der Waals surface area contributed by atoms with E-state index in [0.717, 1.165) is 12.2 Å². The van der Waals surface area contributed by atoms with Gasteiger partial charge in [0.25, 0.3) is 0 Å². The van der Waals surface area contributed by atoms with Gasteiger partial charge in [-0.2, -0.15) is 11.8 Å². The van der Waals surface area contributed by atoms with Crippen LogP contribution in [0.15, 0.2) is 18.2 Å². The molecule has 5 heteroatoms. The van der Waals surface area contributed by atoms with Crippen LogP contribution < -0.4 is 16.8 Å². The van der Waals surface area contributed by atoms with Gasteiger partial charge in [-0.3, -0.25) is 4.79 Å². The van der Waals surface area contributed by atoms with Gasteiger partial charge in [0.05, 0.1) is 11.4 Å². The van der Waals surface area contributed by atoms with Gasteiger partial charge in [0.15, 0.2) is 0 Å². The minimum Gasteiger partial charge on any atom is -0.397 e. The molecule has 1 aromatic rings. The molecule has 16 heavy (non-hydrogen) atoms. The summed E-state index contributed by atoms with van der Waals surface area (Å²) < 4.78 is 0. The number of nitrogens with one attached hydrogen (secondary N) is 1. The highest BCUT2D eigenvalue weighted by Gasteiger charge is 2.05. The number of anilines is 2. The maximum Gasteiger partial charge on any atom is 0.248 e. The SMILES string of the molecule is CSC(C)CNc1ccc(C(N)=O)cc1N. The predicted octanol–water partition coefficient (Wildman–Crippen LogP) is 1.53. The number of hydrogen-bond donors (Lipinski definition) is 3. The number of hydrogen-bond acceptors (Lipinski definition) is 4. The number of amides is 1. The molecule has 0 heterocycles. The van der Waals surface area contributed by atoms with E-state index in [9.17, 15) is 4.79 Å². The number of primary amides is 1. The molecule has 1 aromatic carbocycles. The maximum atomic E-state index is 10.9. The number of nitrogens with two attached hydrogens (primary N) is 2. The summed E-state index contributed by atoms with van der Waals surface area (Å²) in [4.78, 5) is 10.9. The van der Waals surface area contributed by atoms with Crippen LogP contribution in [-0.2, 0) is 0 Å². The van der Waals surface area contributed by atoms with Crippen LogP contribution in [-0.4, -0.2) is 24.0 Å². The second-order valence-electron chi connectivity index (χ2n) is 3.59. The lowest BCUT2D eigenvalue weighted by molar-refractivity contribution is 0.100. The van der Waals surface area contributed by atoms with E-state index in [1.807, 2.05) is 0 Å². The number of carbonyl (C=O) groups is 1. The zero-order valence-corrected chi connectivity index (χ0v) is 10.3. The monoisotopic (exact) mass is 239 g/mol. The zero-order valence-electron chi connectivity index (χ0n) is 9.49. The van der Waals surface area contributed by atoms with E-state index in [1.54, 1.807) is 30.0 Å². The van der Waals surface area contributed by atoms with E-state index in [-0.39, 0.29) is 0 Å². The van der Waals surface area contributed by atoms with Crippen LogP contribution in [0.25, 0.3) is 0 Å². The molecule has 0 aliphatic heterocycles. The predicted molar refractivity (Wildman–Crippen MR) is 70.8 cm³/mol. The van der Waals surface area contributed by atoms with E-state index in [1.165, 1.54) is 0 Å². The topological polar surface area (TPSA) is 81.1 Å². The van der Waals surface area contributed by atoms with Gasteiger partial charge in [-0.1, -0.05) is 6.92 Å². The van der Waals surface area contributed by atoms with E-state index in [0.29, 0.717) is 16.5 Å². The first kappa shape index (κ1) is 12.7. The summed E-state index contributed by atoms with van der Waals surface area (Å²) in [6, 6.07) is 5.04. The molecule has 0 fully saturated rings. The summed E-state index contributed by atoms with van der Waals surface area (Å²) >= 11 is 1.78. The van der Waals surface area contributed by atoms with Crippen LogP contribution in [0.3, 0.4) is 0 Å². The Morgan fingerprint density at radius 3 is 2.75 bits per heavy atom. The van der Waals surface area contributed by atoms with Crippen LogP contribution in [0.4, 0.5) is 11.4 Å². The molecular formula is C11H17N3OS. The molecule has 0 saturated carbocycles. The fraction of sp³-hybridized carbons (Fsp3) is 0.364. The average Bonchev–Trinajstić information content (AvgIpc) is 2.26. The zero-order chi connectivity index (χ0) is 12.1. The number of rotatable bonds is 5. The standard InChI is InChI=1S/C11H17N3OS/c1-7(16-2)6-14-10-4-3-8(11(13)15)5-9(10)12/h3-5,7,14H,6,12H2,1-2H3,(H2,13,15). The molecular weight excluding hydrogens is 222 g/mol. The van der Waals surface area contributed by atoms with E-state index < -0.39 is 5.91 Å². The maximum absolute atomic E-state index is 10.9. The lowest BCUT2D eigenvalue weighted by Gasteiger charge is -2.13. The molecule has 5 N–H and O–H groups in total. The summed E-state index contributed by atoms with van der Waals surface area (Å²) in [5.41, 5.74) is 12.8. The second kappa shape index (κ2) is 5.65. The molecule has 1 atom stereocenters. The molecule has 0 bridgehead atoms. The molecule has 0 saturated heterocycles. The molecule has 0 aromatic heterocycles. The normalized spacial score (nSPS) is 12.1. The van der Waals surface area contributed by atoms with Gasteiger partial charge in [-0.15, -0.1) is 0 Å². The third kappa shape index (κ3) is 3.34. The van der Waals surface area contributed by atoms with Gasteiger partial charge in [-0.05, 0) is 24.5 Å². The molecule has 88 valence electrons. The first-order chi connectivity index (χ1) is 7.54. The average molecular weight is 239 g/mol. The van der Waals surface area contributed by atoms with Crippen molar-refractivity contribution in [2.75, 3.05) is 23.9 Å². The van der Waals surface area contributed by atoms with E-state index in [4.69, 9.17) is 11.5 Å². The van der Waals surface area contributed by atoms with Gasteiger partial charge >= 0.3 is 0 Å². The van der Waals surface area contributed by atoms with Crippen molar-refractivity contribution in [2.45, 2.75) is 12.2 Å². The highest BCUT2D eigenvalue weighted by molar-refractivity contribution is 7.99. The summed E-state index contributed by atoms with van der Waals surface area (Å²) in [6.07, 6.45) is 2.06. The Kier molecular flexibility index (Phi) is 4.49. The second-order valence-corrected chi connectivity index (χ2v) is 4.87. The lowest BCUT2D eigenvalue weighted by atomic mass is 10.1. The number of nitrogen functional groups attached to an aromatic ring is 1. The molecule has 0 spiro atoms. The molecule has 0 aliphatic rings. The highest BCUT2D eigenvalue weighted by atomic mass is 32.2. The minimum atomic E-state index is -0.462. The molecule has 1 rings (SSSR count). The molecule has 1 unspecified atom stereocenters. The van der Waals surface area contributed by atoms with Gasteiger partial charge < -0.3 is 16.8 Å². The molecule has 4 nitrogen and oxygen atoms in total. The molecule has 0 aliphatic carbocycles. The third-order valence-electron chi connectivity index (χ3n) is 2.32. The quantitative estimate of drug-likeness (QED) is 0.681. The molecule has 0 radical (unpaired) electrons. The van der Waals surface area contributed by atoms with E-state index in [2.05, 4.69) is 18.5 Å². The third-order valence-corrected chi connectivity index (χ3v) is 3.29. The van der Waals surface area contributed by atoms with Gasteiger partial charge in [0.1, 0.15) is 0 Å².